The number of anilines is 1. The zero-order chi connectivity index (χ0) is 13.9. The molecule has 0 aliphatic rings. The van der Waals surface area contributed by atoms with E-state index in [1.807, 2.05) is 25.1 Å². The van der Waals surface area contributed by atoms with Crippen LogP contribution in [0.1, 0.15) is 17.3 Å². The number of nitrogens with zero attached hydrogens (tertiary/aromatic N) is 4. The Labute approximate surface area is 115 Å². The molecule has 6 nitrogen and oxygen atoms in total. The van der Waals surface area contributed by atoms with E-state index in [4.69, 9.17) is 0 Å². The Kier molecular flexibility index (Phi) is 3.12. The van der Waals surface area contributed by atoms with Crippen LogP contribution in [0.5, 0.6) is 0 Å². The summed E-state index contributed by atoms with van der Waals surface area (Å²) in [5.41, 5.74) is 1.39. The van der Waals surface area contributed by atoms with Crippen molar-refractivity contribution in [2.75, 3.05) is 11.4 Å². The molecule has 0 saturated heterocycles. The van der Waals surface area contributed by atoms with E-state index in [9.17, 15) is 4.79 Å². The van der Waals surface area contributed by atoms with Gasteiger partial charge in [0, 0.05) is 23.7 Å². The van der Waals surface area contributed by atoms with Gasteiger partial charge in [0.15, 0.2) is 5.82 Å². The van der Waals surface area contributed by atoms with Crippen molar-refractivity contribution in [3.8, 4) is 0 Å². The number of fused-ring (bicyclic) bond motifs is 1. The summed E-state index contributed by atoms with van der Waals surface area (Å²) in [5.74, 6) is 0.477. The normalized spacial score (nSPS) is 10.7. The van der Waals surface area contributed by atoms with Gasteiger partial charge in [-0.3, -0.25) is 14.7 Å². The van der Waals surface area contributed by atoms with Crippen molar-refractivity contribution in [3.05, 3.63) is 48.3 Å². The van der Waals surface area contributed by atoms with Gasteiger partial charge in [-0.2, -0.15) is 0 Å². The number of amides is 1. The Morgan fingerprint density at radius 3 is 3.00 bits per heavy atom. The molecule has 0 aliphatic carbocycles. The summed E-state index contributed by atoms with van der Waals surface area (Å²) in [6, 6.07) is 9.34. The summed E-state index contributed by atoms with van der Waals surface area (Å²) >= 11 is 0. The van der Waals surface area contributed by atoms with E-state index in [1.165, 1.54) is 6.20 Å². The molecule has 6 heteroatoms. The first-order valence-corrected chi connectivity index (χ1v) is 6.32. The van der Waals surface area contributed by atoms with Crippen LogP contribution >= 0.6 is 0 Å². The van der Waals surface area contributed by atoms with E-state index >= 15 is 0 Å². The van der Waals surface area contributed by atoms with Crippen LogP contribution in [0.2, 0.25) is 0 Å². The number of aromatic nitrogens is 4. The number of nitrogens with one attached hydrogen (secondary N) is 1. The monoisotopic (exact) mass is 267 g/mol. The van der Waals surface area contributed by atoms with E-state index in [0.29, 0.717) is 17.9 Å². The molecule has 0 spiro atoms. The molecule has 0 fully saturated rings. The molecule has 100 valence electrons. The van der Waals surface area contributed by atoms with Gasteiger partial charge in [0.1, 0.15) is 0 Å². The van der Waals surface area contributed by atoms with Crippen LogP contribution in [-0.2, 0) is 0 Å². The number of hydrogen-bond acceptors (Lipinski definition) is 4. The highest BCUT2D eigenvalue weighted by Crippen LogP contribution is 2.17. The van der Waals surface area contributed by atoms with E-state index < -0.39 is 0 Å². The van der Waals surface area contributed by atoms with E-state index in [0.717, 1.165) is 10.9 Å². The average molecular weight is 267 g/mol. The van der Waals surface area contributed by atoms with Crippen molar-refractivity contribution in [1.82, 2.24) is 20.4 Å². The summed E-state index contributed by atoms with van der Waals surface area (Å²) in [5, 5.41) is 11.1. The minimum absolute atomic E-state index is 0.105. The molecule has 0 unspecified atom stereocenters. The Balaban J connectivity index is 1.99. The second kappa shape index (κ2) is 5.08. The van der Waals surface area contributed by atoms with Crippen LogP contribution in [0.3, 0.4) is 0 Å². The first-order valence-electron chi connectivity index (χ1n) is 6.32. The van der Waals surface area contributed by atoms with Gasteiger partial charge in [-0.25, -0.2) is 5.10 Å². The quantitative estimate of drug-likeness (QED) is 0.787. The number of aromatic amines is 1. The standard InChI is InChI=1S/C14H13N5O/c1-2-19(13-9-16-18-17-13)14(20)11-6-5-10-4-3-7-15-12(10)8-11/h3-9H,2H2,1H3,(H,16,17,18). The first-order chi connectivity index (χ1) is 9.79. The van der Waals surface area contributed by atoms with Crippen LogP contribution in [-0.4, -0.2) is 32.8 Å². The summed E-state index contributed by atoms with van der Waals surface area (Å²) in [4.78, 5) is 18.4. The third kappa shape index (κ3) is 2.11. The maximum Gasteiger partial charge on any atom is 0.259 e. The number of hydrogen-bond donors (Lipinski definition) is 1. The van der Waals surface area contributed by atoms with E-state index in [-0.39, 0.29) is 5.91 Å². The molecule has 20 heavy (non-hydrogen) atoms. The molecule has 1 amide bonds. The van der Waals surface area contributed by atoms with Gasteiger partial charge in [-0.05, 0) is 25.1 Å². The highest BCUT2D eigenvalue weighted by Gasteiger charge is 2.17. The van der Waals surface area contributed by atoms with E-state index in [1.54, 1.807) is 23.2 Å². The molecule has 3 rings (SSSR count). The van der Waals surface area contributed by atoms with E-state index in [2.05, 4.69) is 20.4 Å². The number of pyridine rings is 1. The smallest absolute Gasteiger partial charge is 0.259 e. The number of carbonyl (C=O) groups is 1. The zero-order valence-electron chi connectivity index (χ0n) is 10.9. The van der Waals surface area contributed by atoms with Gasteiger partial charge in [0.2, 0.25) is 0 Å². The highest BCUT2D eigenvalue weighted by molar-refractivity contribution is 6.07. The molecule has 0 atom stereocenters. The van der Waals surface area contributed by atoms with Gasteiger partial charge >= 0.3 is 0 Å². The van der Waals surface area contributed by atoms with Crippen molar-refractivity contribution in [2.45, 2.75) is 6.92 Å². The maximum atomic E-state index is 12.5. The molecular weight excluding hydrogens is 254 g/mol. The maximum absolute atomic E-state index is 12.5. The molecule has 2 heterocycles. The molecule has 0 saturated carbocycles. The largest absolute Gasteiger partial charge is 0.292 e. The van der Waals surface area contributed by atoms with Crippen molar-refractivity contribution in [2.24, 2.45) is 0 Å². The Bertz CT molecular complexity index is 738. The molecule has 0 bridgehead atoms. The van der Waals surface area contributed by atoms with Crippen LogP contribution in [0.4, 0.5) is 5.82 Å². The second-order valence-corrected chi connectivity index (χ2v) is 4.30. The number of benzene rings is 1. The van der Waals surface area contributed by atoms with Crippen molar-refractivity contribution >= 4 is 22.6 Å². The van der Waals surface area contributed by atoms with Gasteiger partial charge in [-0.1, -0.05) is 17.3 Å². The second-order valence-electron chi connectivity index (χ2n) is 4.30. The third-order valence-electron chi connectivity index (χ3n) is 3.11. The molecular formula is C14H13N5O. The number of rotatable bonds is 3. The third-order valence-corrected chi connectivity index (χ3v) is 3.11. The van der Waals surface area contributed by atoms with Crippen molar-refractivity contribution in [3.63, 3.8) is 0 Å². The Hall–Kier alpha value is -2.76. The molecule has 3 aromatic rings. The zero-order valence-corrected chi connectivity index (χ0v) is 10.9. The predicted molar refractivity (Wildman–Crippen MR) is 75.5 cm³/mol. The summed E-state index contributed by atoms with van der Waals surface area (Å²) < 4.78 is 0. The van der Waals surface area contributed by atoms with Crippen LogP contribution in [0.25, 0.3) is 10.9 Å². The van der Waals surface area contributed by atoms with Crippen LogP contribution in [0.15, 0.2) is 42.7 Å². The lowest BCUT2D eigenvalue weighted by Gasteiger charge is -2.18. The van der Waals surface area contributed by atoms with Crippen LogP contribution in [0, 0.1) is 0 Å². The lowest BCUT2D eigenvalue weighted by molar-refractivity contribution is 0.0987. The topological polar surface area (TPSA) is 74.8 Å². The lowest BCUT2D eigenvalue weighted by atomic mass is 10.1. The molecule has 0 aliphatic heterocycles. The molecule has 1 aromatic carbocycles. The molecule has 2 aromatic heterocycles. The van der Waals surface area contributed by atoms with Gasteiger partial charge in [0.05, 0.1) is 11.7 Å². The fraction of sp³-hybridized carbons (Fsp3) is 0.143. The molecule has 1 N–H and O–H groups in total. The predicted octanol–water partition coefficient (Wildman–Crippen LogP) is 2.02. The lowest BCUT2D eigenvalue weighted by Crippen LogP contribution is -2.30. The number of H-pyrrole nitrogens is 1. The number of carbonyl (C=O) groups excluding carboxylic acids is 1. The molecule has 0 radical (unpaired) electrons. The summed E-state index contributed by atoms with van der Waals surface area (Å²) in [7, 11) is 0. The Morgan fingerprint density at radius 1 is 1.35 bits per heavy atom. The van der Waals surface area contributed by atoms with Crippen molar-refractivity contribution < 1.29 is 4.79 Å². The summed E-state index contributed by atoms with van der Waals surface area (Å²) in [6.45, 7) is 2.43. The van der Waals surface area contributed by atoms with Gasteiger partial charge in [0.25, 0.3) is 5.91 Å². The summed E-state index contributed by atoms with van der Waals surface area (Å²) in [6.07, 6.45) is 3.24. The highest BCUT2D eigenvalue weighted by atomic mass is 16.2. The van der Waals surface area contributed by atoms with Crippen LogP contribution < -0.4 is 4.90 Å². The van der Waals surface area contributed by atoms with Gasteiger partial charge < -0.3 is 0 Å². The van der Waals surface area contributed by atoms with Gasteiger partial charge in [-0.15, -0.1) is 5.10 Å². The fourth-order valence-corrected chi connectivity index (χ4v) is 2.10. The first kappa shape index (κ1) is 12.3. The minimum atomic E-state index is -0.105. The minimum Gasteiger partial charge on any atom is -0.292 e. The van der Waals surface area contributed by atoms with Crippen molar-refractivity contribution in [1.29, 1.82) is 0 Å². The fourth-order valence-electron chi connectivity index (χ4n) is 2.10. The average Bonchev–Trinajstić information content (AvgIpc) is 3.01. The SMILES string of the molecule is CCN(C(=O)c1ccc2cccnc2c1)c1cnn[nH]1. The Morgan fingerprint density at radius 2 is 2.25 bits per heavy atom.